The number of piperidine rings is 1. The van der Waals surface area contributed by atoms with E-state index in [1.165, 1.54) is 11.3 Å². The van der Waals surface area contributed by atoms with E-state index in [2.05, 4.69) is 4.98 Å². The SMILES string of the molecule is O=C(O)c1cccc(-c2nc(-c3ccc(S(=O)(=O)N4CCCCC4)cc3)cs2)c1. The van der Waals surface area contributed by atoms with Crippen LogP contribution < -0.4 is 0 Å². The Bertz CT molecular complexity index is 1130. The first-order chi connectivity index (χ1) is 13.9. The van der Waals surface area contributed by atoms with Crippen LogP contribution in [0.2, 0.25) is 0 Å². The van der Waals surface area contributed by atoms with E-state index in [4.69, 9.17) is 5.11 Å². The third kappa shape index (κ3) is 4.10. The molecular formula is C21H20N2O4S2. The molecule has 1 N–H and O–H groups in total. The van der Waals surface area contributed by atoms with E-state index in [-0.39, 0.29) is 5.56 Å². The predicted molar refractivity (Wildman–Crippen MR) is 113 cm³/mol. The number of aromatic nitrogens is 1. The minimum absolute atomic E-state index is 0.214. The Morgan fingerprint density at radius 2 is 1.72 bits per heavy atom. The van der Waals surface area contributed by atoms with Gasteiger partial charge in [-0.2, -0.15) is 4.31 Å². The normalized spacial score (nSPS) is 15.3. The topological polar surface area (TPSA) is 87.6 Å². The van der Waals surface area contributed by atoms with Crippen molar-refractivity contribution < 1.29 is 18.3 Å². The van der Waals surface area contributed by atoms with Gasteiger partial charge >= 0.3 is 5.97 Å². The highest BCUT2D eigenvalue weighted by atomic mass is 32.2. The molecular weight excluding hydrogens is 408 g/mol. The van der Waals surface area contributed by atoms with E-state index in [0.717, 1.165) is 36.1 Å². The summed E-state index contributed by atoms with van der Waals surface area (Å²) in [5.41, 5.74) is 2.50. The predicted octanol–water partition coefficient (Wildman–Crippen LogP) is 4.35. The minimum Gasteiger partial charge on any atom is -0.478 e. The Morgan fingerprint density at radius 3 is 2.41 bits per heavy atom. The van der Waals surface area contributed by atoms with Gasteiger partial charge in [0, 0.05) is 29.6 Å². The van der Waals surface area contributed by atoms with Crippen LogP contribution >= 0.6 is 11.3 Å². The van der Waals surface area contributed by atoms with Crippen molar-refractivity contribution in [3.8, 4) is 21.8 Å². The van der Waals surface area contributed by atoms with Gasteiger partial charge in [-0.05, 0) is 37.1 Å². The molecule has 2 heterocycles. The van der Waals surface area contributed by atoms with Crippen LogP contribution in [0.1, 0.15) is 29.6 Å². The molecule has 1 aromatic heterocycles. The number of aromatic carboxylic acids is 1. The van der Waals surface area contributed by atoms with Gasteiger partial charge < -0.3 is 5.11 Å². The van der Waals surface area contributed by atoms with Gasteiger partial charge in [0.2, 0.25) is 10.0 Å². The third-order valence-electron chi connectivity index (χ3n) is 4.96. The molecule has 0 amide bonds. The maximum atomic E-state index is 12.8. The lowest BCUT2D eigenvalue weighted by molar-refractivity contribution is 0.0697. The van der Waals surface area contributed by atoms with Gasteiger partial charge in [-0.1, -0.05) is 30.7 Å². The second kappa shape index (κ2) is 8.06. The first-order valence-electron chi connectivity index (χ1n) is 9.35. The van der Waals surface area contributed by atoms with Gasteiger partial charge in [0.1, 0.15) is 5.01 Å². The standard InChI is InChI=1S/C21H20N2O4S2/c24-21(25)17-6-4-5-16(13-17)20-22-19(14-28-20)15-7-9-18(10-8-15)29(26,27)23-11-2-1-3-12-23/h4-10,13-14H,1-3,11-12H2,(H,24,25). The van der Waals surface area contributed by atoms with Crippen molar-refractivity contribution in [2.45, 2.75) is 24.2 Å². The van der Waals surface area contributed by atoms with Crippen LogP contribution in [-0.2, 0) is 10.0 Å². The monoisotopic (exact) mass is 428 g/mol. The number of benzene rings is 2. The summed E-state index contributed by atoms with van der Waals surface area (Å²) in [5.74, 6) is -0.978. The number of carboxylic acid groups (broad SMARTS) is 1. The lowest BCUT2D eigenvalue weighted by Crippen LogP contribution is -2.35. The summed E-state index contributed by atoms with van der Waals surface area (Å²) in [6, 6.07) is 13.4. The van der Waals surface area contributed by atoms with Crippen LogP contribution in [0.25, 0.3) is 21.8 Å². The number of rotatable bonds is 5. The summed E-state index contributed by atoms with van der Waals surface area (Å²) in [7, 11) is -3.45. The van der Waals surface area contributed by atoms with Gasteiger partial charge in [0.25, 0.3) is 0 Å². The molecule has 3 aromatic rings. The van der Waals surface area contributed by atoms with Crippen molar-refractivity contribution in [2.24, 2.45) is 0 Å². The zero-order valence-electron chi connectivity index (χ0n) is 15.6. The maximum absolute atomic E-state index is 12.8. The molecule has 0 spiro atoms. The van der Waals surface area contributed by atoms with E-state index in [1.807, 2.05) is 11.4 Å². The fourth-order valence-electron chi connectivity index (χ4n) is 3.38. The summed E-state index contributed by atoms with van der Waals surface area (Å²) in [4.78, 5) is 16.1. The Kier molecular flexibility index (Phi) is 5.49. The molecule has 150 valence electrons. The zero-order valence-corrected chi connectivity index (χ0v) is 17.2. The van der Waals surface area contributed by atoms with Crippen molar-refractivity contribution in [1.82, 2.24) is 9.29 Å². The molecule has 29 heavy (non-hydrogen) atoms. The average Bonchev–Trinajstić information content (AvgIpc) is 3.25. The number of hydrogen-bond acceptors (Lipinski definition) is 5. The molecule has 0 atom stereocenters. The minimum atomic E-state index is -3.45. The van der Waals surface area contributed by atoms with E-state index in [0.29, 0.717) is 23.0 Å². The number of nitrogens with zero attached hydrogens (tertiary/aromatic N) is 2. The highest BCUT2D eigenvalue weighted by molar-refractivity contribution is 7.89. The molecule has 0 aliphatic carbocycles. The van der Waals surface area contributed by atoms with Gasteiger partial charge in [0.05, 0.1) is 16.2 Å². The van der Waals surface area contributed by atoms with Crippen LogP contribution in [0.15, 0.2) is 58.8 Å². The zero-order chi connectivity index (χ0) is 20.4. The summed E-state index contributed by atoms with van der Waals surface area (Å²) in [6.45, 7) is 1.16. The molecule has 2 aromatic carbocycles. The van der Waals surface area contributed by atoms with E-state index in [1.54, 1.807) is 46.8 Å². The molecule has 0 radical (unpaired) electrons. The average molecular weight is 429 g/mol. The van der Waals surface area contributed by atoms with E-state index >= 15 is 0 Å². The second-order valence-electron chi connectivity index (χ2n) is 6.91. The maximum Gasteiger partial charge on any atom is 0.335 e. The van der Waals surface area contributed by atoms with Gasteiger partial charge in [0.15, 0.2) is 0 Å². The van der Waals surface area contributed by atoms with Gasteiger partial charge in [-0.3, -0.25) is 0 Å². The number of carbonyl (C=O) groups is 1. The Hall–Kier alpha value is -2.55. The van der Waals surface area contributed by atoms with Crippen LogP contribution in [0.5, 0.6) is 0 Å². The number of sulfonamides is 1. The lowest BCUT2D eigenvalue weighted by atomic mass is 10.1. The molecule has 0 unspecified atom stereocenters. The van der Waals surface area contributed by atoms with Crippen molar-refractivity contribution >= 4 is 27.3 Å². The Balaban J connectivity index is 1.57. The summed E-state index contributed by atoms with van der Waals surface area (Å²) < 4.78 is 27.1. The largest absolute Gasteiger partial charge is 0.478 e. The van der Waals surface area contributed by atoms with Crippen LogP contribution in [0, 0.1) is 0 Å². The van der Waals surface area contributed by atoms with Crippen molar-refractivity contribution in [2.75, 3.05) is 13.1 Å². The molecule has 1 saturated heterocycles. The Labute approximate surface area is 173 Å². The van der Waals surface area contributed by atoms with Crippen molar-refractivity contribution in [3.05, 3.63) is 59.5 Å². The summed E-state index contributed by atoms with van der Waals surface area (Å²) in [5, 5.41) is 11.8. The van der Waals surface area contributed by atoms with Crippen LogP contribution in [0.4, 0.5) is 0 Å². The molecule has 1 aliphatic rings. The van der Waals surface area contributed by atoms with Crippen molar-refractivity contribution in [3.63, 3.8) is 0 Å². The first-order valence-corrected chi connectivity index (χ1v) is 11.7. The molecule has 0 saturated carbocycles. The third-order valence-corrected chi connectivity index (χ3v) is 7.77. The molecule has 8 heteroatoms. The summed E-state index contributed by atoms with van der Waals surface area (Å²) >= 11 is 1.42. The number of carboxylic acids is 1. The fourth-order valence-corrected chi connectivity index (χ4v) is 5.72. The van der Waals surface area contributed by atoms with Crippen LogP contribution in [-0.4, -0.2) is 41.9 Å². The second-order valence-corrected chi connectivity index (χ2v) is 9.71. The van der Waals surface area contributed by atoms with Crippen LogP contribution in [0.3, 0.4) is 0 Å². The highest BCUT2D eigenvalue weighted by Gasteiger charge is 2.25. The van der Waals surface area contributed by atoms with Gasteiger partial charge in [-0.15, -0.1) is 11.3 Å². The van der Waals surface area contributed by atoms with E-state index in [9.17, 15) is 13.2 Å². The molecule has 1 fully saturated rings. The first kappa shape index (κ1) is 19.8. The van der Waals surface area contributed by atoms with Crippen molar-refractivity contribution in [1.29, 1.82) is 0 Å². The number of thiazole rings is 1. The lowest BCUT2D eigenvalue weighted by Gasteiger charge is -2.25. The summed E-state index contributed by atoms with van der Waals surface area (Å²) in [6.07, 6.45) is 2.89. The number of hydrogen-bond donors (Lipinski definition) is 1. The molecule has 1 aliphatic heterocycles. The Morgan fingerprint density at radius 1 is 1.00 bits per heavy atom. The highest BCUT2D eigenvalue weighted by Crippen LogP contribution is 2.30. The molecule has 0 bridgehead atoms. The molecule has 6 nitrogen and oxygen atoms in total. The smallest absolute Gasteiger partial charge is 0.335 e. The van der Waals surface area contributed by atoms with Gasteiger partial charge in [-0.25, -0.2) is 18.2 Å². The fraction of sp³-hybridized carbons (Fsp3) is 0.238. The molecule has 4 rings (SSSR count). The quantitative estimate of drug-likeness (QED) is 0.653. The van der Waals surface area contributed by atoms with E-state index < -0.39 is 16.0 Å².